The summed E-state index contributed by atoms with van der Waals surface area (Å²) in [6.45, 7) is 10.9. The molecule has 0 radical (unpaired) electrons. The van der Waals surface area contributed by atoms with Crippen LogP contribution in [0.5, 0.6) is 5.75 Å². The van der Waals surface area contributed by atoms with E-state index in [2.05, 4.69) is 38.6 Å². The molecule has 0 fully saturated rings. The van der Waals surface area contributed by atoms with Crippen LogP contribution >= 0.6 is 0 Å². The molecule has 0 unspecified atom stereocenters. The van der Waals surface area contributed by atoms with E-state index >= 15 is 0 Å². The SMILES string of the molecule is C=CCCc1ccc(OCC)c(C(C)C)c1. The number of aryl methyl sites for hydroxylation is 1. The summed E-state index contributed by atoms with van der Waals surface area (Å²) in [5, 5.41) is 0. The van der Waals surface area contributed by atoms with Crippen LogP contribution in [0.25, 0.3) is 0 Å². The van der Waals surface area contributed by atoms with E-state index in [0.717, 1.165) is 25.2 Å². The van der Waals surface area contributed by atoms with Crippen LogP contribution < -0.4 is 4.74 Å². The van der Waals surface area contributed by atoms with Crippen molar-refractivity contribution in [3.8, 4) is 5.75 Å². The van der Waals surface area contributed by atoms with E-state index in [4.69, 9.17) is 4.74 Å². The molecule has 0 aliphatic heterocycles. The van der Waals surface area contributed by atoms with Crippen molar-refractivity contribution in [2.45, 2.75) is 39.5 Å². The van der Waals surface area contributed by atoms with Crippen molar-refractivity contribution in [3.63, 3.8) is 0 Å². The molecule has 1 aromatic carbocycles. The Hall–Kier alpha value is -1.24. The van der Waals surface area contributed by atoms with Crippen molar-refractivity contribution in [2.24, 2.45) is 0 Å². The fourth-order valence-corrected chi connectivity index (χ4v) is 1.76. The predicted molar refractivity (Wildman–Crippen MR) is 70.2 cm³/mol. The molecule has 16 heavy (non-hydrogen) atoms. The predicted octanol–water partition coefficient (Wildman–Crippen LogP) is 4.33. The molecule has 0 saturated carbocycles. The second-order valence-corrected chi connectivity index (χ2v) is 4.29. The first-order valence-corrected chi connectivity index (χ1v) is 6.05. The summed E-state index contributed by atoms with van der Waals surface area (Å²) in [5.41, 5.74) is 2.68. The van der Waals surface area contributed by atoms with Crippen LogP contribution in [0.15, 0.2) is 30.9 Å². The minimum absolute atomic E-state index is 0.505. The molecule has 1 rings (SSSR count). The smallest absolute Gasteiger partial charge is 0.122 e. The molecule has 0 aromatic heterocycles. The molecule has 88 valence electrons. The van der Waals surface area contributed by atoms with Gasteiger partial charge in [0.1, 0.15) is 5.75 Å². The van der Waals surface area contributed by atoms with Crippen molar-refractivity contribution < 1.29 is 4.74 Å². The lowest BCUT2D eigenvalue weighted by molar-refractivity contribution is 0.335. The molecule has 0 N–H and O–H groups in total. The Morgan fingerprint density at radius 1 is 1.38 bits per heavy atom. The molecule has 0 bridgehead atoms. The second kappa shape index (κ2) is 6.37. The molecule has 1 aromatic rings. The van der Waals surface area contributed by atoms with Crippen molar-refractivity contribution in [1.82, 2.24) is 0 Å². The summed E-state index contributed by atoms with van der Waals surface area (Å²) in [7, 11) is 0. The molecule has 0 heterocycles. The quantitative estimate of drug-likeness (QED) is 0.646. The van der Waals surface area contributed by atoms with Gasteiger partial charge in [-0.1, -0.05) is 32.1 Å². The van der Waals surface area contributed by atoms with Crippen LogP contribution in [-0.4, -0.2) is 6.61 Å². The maximum absolute atomic E-state index is 5.64. The summed E-state index contributed by atoms with van der Waals surface area (Å²) in [6.07, 6.45) is 4.06. The van der Waals surface area contributed by atoms with E-state index in [1.54, 1.807) is 0 Å². The largest absolute Gasteiger partial charge is 0.494 e. The highest BCUT2D eigenvalue weighted by Crippen LogP contribution is 2.28. The van der Waals surface area contributed by atoms with Crippen LogP contribution in [0.1, 0.15) is 44.2 Å². The molecule has 1 nitrogen and oxygen atoms in total. The average Bonchev–Trinajstić information content (AvgIpc) is 2.27. The highest BCUT2D eigenvalue weighted by Gasteiger charge is 2.08. The summed E-state index contributed by atoms with van der Waals surface area (Å²) in [5.74, 6) is 1.53. The normalized spacial score (nSPS) is 10.5. The highest BCUT2D eigenvalue weighted by atomic mass is 16.5. The zero-order valence-corrected chi connectivity index (χ0v) is 10.6. The standard InChI is InChI=1S/C15H22O/c1-5-7-8-13-9-10-15(16-6-2)14(11-13)12(3)4/h5,9-12H,1,6-8H2,2-4H3. The average molecular weight is 218 g/mol. The van der Waals surface area contributed by atoms with Gasteiger partial charge in [-0.3, -0.25) is 0 Å². The third-order valence-electron chi connectivity index (χ3n) is 2.63. The second-order valence-electron chi connectivity index (χ2n) is 4.29. The van der Waals surface area contributed by atoms with Gasteiger partial charge in [0.25, 0.3) is 0 Å². The van der Waals surface area contributed by atoms with Gasteiger partial charge in [0.15, 0.2) is 0 Å². The molecule has 0 atom stereocenters. The van der Waals surface area contributed by atoms with Crippen LogP contribution in [0.4, 0.5) is 0 Å². The fraction of sp³-hybridized carbons (Fsp3) is 0.467. The summed E-state index contributed by atoms with van der Waals surface area (Å²) >= 11 is 0. The molecule has 0 spiro atoms. The van der Waals surface area contributed by atoms with Crippen LogP contribution in [-0.2, 0) is 6.42 Å². The number of benzene rings is 1. The number of hydrogen-bond acceptors (Lipinski definition) is 1. The third-order valence-corrected chi connectivity index (χ3v) is 2.63. The molecule has 0 amide bonds. The maximum Gasteiger partial charge on any atom is 0.122 e. The van der Waals surface area contributed by atoms with Gasteiger partial charge < -0.3 is 4.74 Å². The summed E-state index contributed by atoms with van der Waals surface area (Å²) < 4.78 is 5.64. The van der Waals surface area contributed by atoms with E-state index in [9.17, 15) is 0 Å². The highest BCUT2D eigenvalue weighted by molar-refractivity contribution is 5.39. The van der Waals surface area contributed by atoms with Gasteiger partial charge in [-0.25, -0.2) is 0 Å². The van der Waals surface area contributed by atoms with Gasteiger partial charge >= 0.3 is 0 Å². The minimum atomic E-state index is 0.505. The molecule has 0 aliphatic carbocycles. The van der Waals surface area contributed by atoms with Gasteiger partial charge in [0.2, 0.25) is 0 Å². The Morgan fingerprint density at radius 2 is 2.12 bits per heavy atom. The number of rotatable bonds is 6. The van der Waals surface area contributed by atoms with Crippen LogP contribution in [0.3, 0.4) is 0 Å². The number of ether oxygens (including phenoxy) is 1. The van der Waals surface area contributed by atoms with E-state index < -0.39 is 0 Å². The van der Waals surface area contributed by atoms with E-state index in [-0.39, 0.29) is 0 Å². The van der Waals surface area contributed by atoms with Crippen molar-refractivity contribution >= 4 is 0 Å². The first-order chi connectivity index (χ1) is 7.69. The van der Waals surface area contributed by atoms with Crippen molar-refractivity contribution in [1.29, 1.82) is 0 Å². The van der Waals surface area contributed by atoms with Gasteiger partial charge in [-0.2, -0.15) is 0 Å². The Bertz CT molecular complexity index is 339. The minimum Gasteiger partial charge on any atom is -0.494 e. The van der Waals surface area contributed by atoms with Gasteiger partial charge in [-0.05, 0) is 42.9 Å². The zero-order valence-electron chi connectivity index (χ0n) is 10.6. The van der Waals surface area contributed by atoms with E-state index in [1.165, 1.54) is 11.1 Å². The molecular formula is C15H22O. The topological polar surface area (TPSA) is 9.23 Å². The summed E-state index contributed by atoms with van der Waals surface area (Å²) in [4.78, 5) is 0. The van der Waals surface area contributed by atoms with Gasteiger partial charge in [-0.15, -0.1) is 6.58 Å². The first kappa shape index (κ1) is 12.8. The molecular weight excluding hydrogens is 196 g/mol. The van der Waals surface area contributed by atoms with Gasteiger partial charge in [0, 0.05) is 0 Å². The lowest BCUT2D eigenvalue weighted by atomic mass is 9.98. The van der Waals surface area contributed by atoms with Crippen LogP contribution in [0.2, 0.25) is 0 Å². The Labute approximate surface area is 99.1 Å². The Morgan fingerprint density at radius 3 is 2.69 bits per heavy atom. The molecule has 1 heteroatoms. The Kier molecular flexibility index (Phi) is 5.10. The fourth-order valence-electron chi connectivity index (χ4n) is 1.76. The summed E-state index contributed by atoms with van der Waals surface area (Å²) in [6, 6.07) is 6.51. The van der Waals surface area contributed by atoms with Crippen LogP contribution in [0, 0.1) is 0 Å². The lowest BCUT2D eigenvalue weighted by Crippen LogP contribution is -1.99. The van der Waals surface area contributed by atoms with Gasteiger partial charge in [0.05, 0.1) is 6.61 Å². The number of allylic oxidation sites excluding steroid dienone is 1. The van der Waals surface area contributed by atoms with Crippen molar-refractivity contribution in [3.05, 3.63) is 42.0 Å². The monoisotopic (exact) mass is 218 g/mol. The van der Waals surface area contributed by atoms with Crippen molar-refractivity contribution in [2.75, 3.05) is 6.61 Å². The zero-order chi connectivity index (χ0) is 12.0. The van der Waals surface area contributed by atoms with E-state index in [1.807, 2.05) is 13.0 Å². The maximum atomic E-state index is 5.64. The third kappa shape index (κ3) is 3.41. The molecule has 0 aliphatic rings. The first-order valence-electron chi connectivity index (χ1n) is 6.05. The van der Waals surface area contributed by atoms with E-state index in [0.29, 0.717) is 5.92 Å². The molecule has 0 saturated heterocycles. The lowest BCUT2D eigenvalue weighted by Gasteiger charge is -2.14. The Balaban J connectivity index is 2.92. The number of hydrogen-bond donors (Lipinski definition) is 0.